The van der Waals surface area contributed by atoms with E-state index in [-0.39, 0.29) is 11.9 Å². The Bertz CT molecular complexity index is 960. The third-order valence-corrected chi connectivity index (χ3v) is 6.75. The Morgan fingerprint density at radius 1 is 0.935 bits per heavy atom. The minimum Gasteiger partial charge on any atom is -0.370 e. The van der Waals surface area contributed by atoms with Crippen molar-refractivity contribution in [3.05, 3.63) is 76.9 Å². The number of rotatable bonds is 5. The number of guanidine groups is 1. The Balaban J connectivity index is 1.72. The van der Waals surface area contributed by atoms with Gasteiger partial charge in [0.2, 0.25) is 0 Å². The van der Waals surface area contributed by atoms with E-state index < -0.39 is 0 Å². The standard InChI is InChI=1S/C26H32N4O/c1-3-29(4-2)25(31)20-12-10-19(11-13-20)24(18-8-6-5-7-9-18)21-16-22-14-15-23(17-21)30(22)26(27)28/h5-13,22-23H,3-4,14-17H2,1-2H3,(H3,27,28). The highest BCUT2D eigenvalue weighted by molar-refractivity contribution is 5.95. The summed E-state index contributed by atoms with van der Waals surface area (Å²) in [5, 5.41) is 7.97. The zero-order valence-electron chi connectivity index (χ0n) is 18.5. The maximum atomic E-state index is 12.7. The number of piperidine rings is 1. The van der Waals surface area contributed by atoms with Crippen molar-refractivity contribution >= 4 is 17.4 Å². The second-order valence-corrected chi connectivity index (χ2v) is 8.49. The molecule has 162 valence electrons. The molecule has 2 aromatic rings. The Hall–Kier alpha value is -3.08. The molecular weight excluding hydrogens is 384 g/mol. The van der Waals surface area contributed by atoms with Gasteiger partial charge in [-0.05, 0) is 68.4 Å². The van der Waals surface area contributed by atoms with Crippen molar-refractivity contribution < 1.29 is 4.79 Å². The van der Waals surface area contributed by atoms with Crippen molar-refractivity contribution in [2.45, 2.75) is 51.6 Å². The molecule has 2 heterocycles. The maximum Gasteiger partial charge on any atom is 0.253 e. The number of amides is 1. The van der Waals surface area contributed by atoms with Crippen LogP contribution in [0.5, 0.6) is 0 Å². The number of carbonyl (C=O) groups is 1. The van der Waals surface area contributed by atoms with Gasteiger partial charge in [-0.25, -0.2) is 0 Å². The zero-order valence-corrected chi connectivity index (χ0v) is 18.5. The summed E-state index contributed by atoms with van der Waals surface area (Å²) in [5.41, 5.74) is 11.7. The van der Waals surface area contributed by atoms with Gasteiger partial charge in [-0.2, -0.15) is 0 Å². The van der Waals surface area contributed by atoms with E-state index in [0.29, 0.717) is 25.2 Å². The van der Waals surface area contributed by atoms with E-state index in [2.05, 4.69) is 41.3 Å². The molecule has 31 heavy (non-hydrogen) atoms. The van der Waals surface area contributed by atoms with E-state index in [9.17, 15) is 4.79 Å². The lowest BCUT2D eigenvalue weighted by Crippen LogP contribution is -2.48. The van der Waals surface area contributed by atoms with Crippen LogP contribution in [0.15, 0.2) is 60.2 Å². The average Bonchev–Trinajstić information content (AvgIpc) is 3.07. The molecule has 0 saturated carbocycles. The first-order valence-corrected chi connectivity index (χ1v) is 11.3. The highest BCUT2D eigenvalue weighted by atomic mass is 16.2. The minimum absolute atomic E-state index is 0.0817. The molecule has 2 atom stereocenters. The summed E-state index contributed by atoms with van der Waals surface area (Å²) in [7, 11) is 0. The van der Waals surface area contributed by atoms with E-state index in [1.807, 2.05) is 36.9 Å². The van der Waals surface area contributed by atoms with Crippen molar-refractivity contribution in [1.29, 1.82) is 5.41 Å². The van der Waals surface area contributed by atoms with Gasteiger partial charge in [-0.3, -0.25) is 10.2 Å². The van der Waals surface area contributed by atoms with Crippen LogP contribution in [0.25, 0.3) is 5.57 Å². The first-order chi connectivity index (χ1) is 15.0. The molecule has 2 saturated heterocycles. The fourth-order valence-corrected chi connectivity index (χ4v) is 5.26. The number of fused-ring (bicyclic) bond motifs is 2. The minimum atomic E-state index is 0.0817. The summed E-state index contributed by atoms with van der Waals surface area (Å²) in [6.07, 6.45) is 4.04. The largest absolute Gasteiger partial charge is 0.370 e. The molecule has 2 fully saturated rings. The van der Waals surface area contributed by atoms with E-state index in [4.69, 9.17) is 11.1 Å². The zero-order chi connectivity index (χ0) is 22.0. The fourth-order valence-electron chi connectivity index (χ4n) is 5.26. The van der Waals surface area contributed by atoms with Crippen LogP contribution >= 0.6 is 0 Å². The Labute approximate surface area is 185 Å². The predicted octanol–water partition coefficient (Wildman–Crippen LogP) is 4.49. The molecule has 1 amide bonds. The van der Waals surface area contributed by atoms with E-state index >= 15 is 0 Å². The molecule has 0 spiro atoms. The van der Waals surface area contributed by atoms with Crippen LogP contribution in [0.3, 0.4) is 0 Å². The van der Waals surface area contributed by atoms with Crippen molar-refractivity contribution in [3.63, 3.8) is 0 Å². The number of hydrogen-bond acceptors (Lipinski definition) is 2. The number of hydrogen-bond donors (Lipinski definition) is 2. The van der Waals surface area contributed by atoms with Gasteiger partial charge in [0, 0.05) is 30.7 Å². The summed E-state index contributed by atoms with van der Waals surface area (Å²) in [6, 6.07) is 19.2. The molecule has 0 radical (unpaired) electrons. The van der Waals surface area contributed by atoms with Crippen molar-refractivity contribution in [3.8, 4) is 0 Å². The van der Waals surface area contributed by atoms with Crippen LogP contribution in [-0.2, 0) is 0 Å². The SMILES string of the molecule is CCN(CC)C(=O)c1ccc(C(=C2CC3CCC(C2)N3C(=N)N)c2ccccc2)cc1. The molecule has 5 nitrogen and oxygen atoms in total. The van der Waals surface area contributed by atoms with Crippen LogP contribution in [0, 0.1) is 5.41 Å². The van der Waals surface area contributed by atoms with E-state index in [0.717, 1.165) is 36.8 Å². The Morgan fingerprint density at radius 2 is 1.45 bits per heavy atom. The molecule has 2 aromatic carbocycles. The van der Waals surface area contributed by atoms with Crippen molar-refractivity contribution in [1.82, 2.24) is 9.80 Å². The number of nitrogens with zero attached hydrogens (tertiary/aromatic N) is 2. The van der Waals surface area contributed by atoms with Crippen LogP contribution in [0.4, 0.5) is 0 Å². The molecule has 3 N–H and O–H groups in total. The van der Waals surface area contributed by atoms with Gasteiger partial charge in [0.15, 0.2) is 5.96 Å². The van der Waals surface area contributed by atoms with Gasteiger partial charge in [0.05, 0.1) is 0 Å². The highest BCUT2D eigenvalue weighted by Crippen LogP contribution is 2.42. The molecule has 2 bridgehead atoms. The number of benzene rings is 2. The third kappa shape index (κ3) is 4.09. The molecule has 4 rings (SSSR count). The molecule has 2 aliphatic heterocycles. The lowest BCUT2D eigenvalue weighted by molar-refractivity contribution is 0.0773. The first kappa shape index (κ1) is 21.2. The maximum absolute atomic E-state index is 12.7. The molecule has 2 unspecified atom stereocenters. The Morgan fingerprint density at radius 3 is 1.97 bits per heavy atom. The lowest BCUT2D eigenvalue weighted by atomic mass is 9.85. The summed E-state index contributed by atoms with van der Waals surface area (Å²) < 4.78 is 0. The normalized spacial score (nSPS) is 19.9. The summed E-state index contributed by atoms with van der Waals surface area (Å²) in [6.45, 7) is 5.45. The molecule has 5 heteroatoms. The van der Waals surface area contributed by atoms with Gasteiger partial charge in [-0.1, -0.05) is 48.0 Å². The highest BCUT2D eigenvalue weighted by Gasteiger charge is 2.40. The van der Waals surface area contributed by atoms with E-state index in [1.54, 1.807) is 0 Å². The molecular formula is C26H32N4O. The third-order valence-electron chi connectivity index (χ3n) is 6.75. The molecule has 0 aromatic heterocycles. The average molecular weight is 417 g/mol. The second-order valence-electron chi connectivity index (χ2n) is 8.49. The van der Waals surface area contributed by atoms with Crippen LogP contribution < -0.4 is 5.73 Å². The van der Waals surface area contributed by atoms with Gasteiger partial charge < -0.3 is 15.5 Å². The number of nitrogens with two attached hydrogens (primary N) is 1. The number of nitrogens with one attached hydrogen (secondary N) is 1. The predicted molar refractivity (Wildman–Crippen MR) is 126 cm³/mol. The van der Waals surface area contributed by atoms with Crippen LogP contribution in [0.1, 0.15) is 61.0 Å². The lowest BCUT2D eigenvalue weighted by Gasteiger charge is -2.37. The van der Waals surface area contributed by atoms with Gasteiger partial charge >= 0.3 is 0 Å². The van der Waals surface area contributed by atoms with Crippen LogP contribution in [0.2, 0.25) is 0 Å². The number of carbonyl (C=O) groups excluding carboxylic acids is 1. The summed E-state index contributed by atoms with van der Waals surface area (Å²) in [5.74, 6) is 0.283. The quantitative estimate of drug-likeness (QED) is 0.557. The summed E-state index contributed by atoms with van der Waals surface area (Å²) in [4.78, 5) is 16.7. The van der Waals surface area contributed by atoms with Crippen molar-refractivity contribution in [2.75, 3.05) is 13.1 Å². The second kappa shape index (κ2) is 8.96. The van der Waals surface area contributed by atoms with Crippen LogP contribution in [-0.4, -0.2) is 46.8 Å². The molecule has 0 aliphatic carbocycles. The monoisotopic (exact) mass is 416 g/mol. The first-order valence-electron chi connectivity index (χ1n) is 11.3. The smallest absolute Gasteiger partial charge is 0.253 e. The van der Waals surface area contributed by atoms with Gasteiger partial charge in [-0.15, -0.1) is 0 Å². The fraction of sp³-hybridized carbons (Fsp3) is 0.385. The Kier molecular flexibility index (Phi) is 6.12. The van der Waals surface area contributed by atoms with Crippen molar-refractivity contribution in [2.24, 2.45) is 5.73 Å². The van der Waals surface area contributed by atoms with Gasteiger partial charge in [0.1, 0.15) is 0 Å². The van der Waals surface area contributed by atoms with Gasteiger partial charge in [0.25, 0.3) is 5.91 Å². The topological polar surface area (TPSA) is 73.4 Å². The summed E-state index contributed by atoms with van der Waals surface area (Å²) >= 11 is 0. The van der Waals surface area contributed by atoms with E-state index in [1.165, 1.54) is 16.7 Å². The molecule has 2 aliphatic rings.